The van der Waals surface area contributed by atoms with Gasteiger partial charge in [0.05, 0.1) is 24.0 Å². The lowest BCUT2D eigenvalue weighted by molar-refractivity contribution is -0.141. The molecule has 1 N–H and O–H groups in total. The van der Waals surface area contributed by atoms with Crippen molar-refractivity contribution in [2.75, 3.05) is 11.9 Å². The quantitative estimate of drug-likeness (QED) is 0.609. The molecule has 3 aromatic rings. The van der Waals surface area contributed by atoms with Crippen molar-refractivity contribution in [2.45, 2.75) is 38.0 Å². The first-order chi connectivity index (χ1) is 16.2. The van der Waals surface area contributed by atoms with Gasteiger partial charge in [-0.3, -0.25) is 9.48 Å². The van der Waals surface area contributed by atoms with Crippen molar-refractivity contribution in [1.82, 2.24) is 34.6 Å². The fourth-order valence-corrected chi connectivity index (χ4v) is 4.87. The number of aromatic nitrogens is 6. The van der Waals surface area contributed by atoms with Gasteiger partial charge in [0.15, 0.2) is 17.2 Å². The Balaban J connectivity index is 1.39. The van der Waals surface area contributed by atoms with Crippen LogP contribution < -0.4 is 5.32 Å². The number of hydrogen-bond acceptors (Lipinski definition) is 7. The molecule has 9 nitrogen and oxygen atoms in total. The molecule has 0 unspecified atom stereocenters. The second kappa shape index (κ2) is 8.33. The maximum Gasteiger partial charge on any atom is 0.434 e. The van der Waals surface area contributed by atoms with E-state index >= 15 is 0 Å². The summed E-state index contributed by atoms with van der Waals surface area (Å²) < 4.78 is 39.9. The molecule has 3 fully saturated rings. The molecule has 1 saturated carbocycles. The van der Waals surface area contributed by atoms with Gasteiger partial charge in [0, 0.05) is 38.2 Å². The molecule has 3 aromatic heterocycles. The maximum atomic E-state index is 13.8. The minimum absolute atomic E-state index is 0.0886. The van der Waals surface area contributed by atoms with Gasteiger partial charge in [-0.05, 0) is 30.7 Å². The molecule has 3 aliphatic rings. The van der Waals surface area contributed by atoms with E-state index in [-0.39, 0.29) is 35.4 Å². The van der Waals surface area contributed by atoms with E-state index in [0.29, 0.717) is 30.0 Å². The van der Waals surface area contributed by atoms with Crippen LogP contribution in [0.5, 0.6) is 0 Å². The van der Waals surface area contributed by atoms with Gasteiger partial charge in [-0.1, -0.05) is 6.92 Å². The number of rotatable bonds is 5. The van der Waals surface area contributed by atoms with Crippen LogP contribution in [0.25, 0.3) is 11.4 Å². The summed E-state index contributed by atoms with van der Waals surface area (Å²) in [7, 11) is 1.74. The molecule has 2 bridgehead atoms. The number of anilines is 1. The minimum atomic E-state index is -4.54. The van der Waals surface area contributed by atoms with Gasteiger partial charge in [0.1, 0.15) is 5.82 Å². The average Bonchev–Trinajstić information content (AvgIpc) is 3.18. The van der Waals surface area contributed by atoms with Gasteiger partial charge in [0.2, 0.25) is 0 Å². The first-order valence-corrected chi connectivity index (χ1v) is 11.0. The van der Waals surface area contributed by atoms with Crippen molar-refractivity contribution in [2.24, 2.45) is 18.9 Å². The number of carbonyl (C=O) groups is 1. The number of halogens is 3. The number of amides is 1. The van der Waals surface area contributed by atoms with Crippen LogP contribution >= 0.6 is 0 Å². The SMILES string of the molecule is C[C@@H]1C2CC(C2)N(C(=O)c2nn(C)cc2-c2ncccn2)[C@@H]1CNc1cnc(C(F)(F)F)cn1. The zero-order chi connectivity index (χ0) is 24.0. The van der Waals surface area contributed by atoms with Crippen LogP contribution in [0.15, 0.2) is 37.1 Å². The Morgan fingerprint density at radius 3 is 2.53 bits per heavy atom. The fourth-order valence-electron chi connectivity index (χ4n) is 4.87. The molecule has 2 aliphatic heterocycles. The molecule has 0 spiro atoms. The van der Waals surface area contributed by atoms with Crippen molar-refractivity contribution in [3.63, 3.8) is 0 Å². The summed E-state index contributed by atoms with van der Waals surface area (Å²) in [5.41, 5.74) is -0.207. The highest BCUT2D eigenvalue weighted by Gasteiger charge is 2.51. The normalized spacial score (nSPS) is 24.0. The van der Waals surface area contributed by atoms with Crippen LogP contribution in [0, 0.1) is 11.8 Å². The van der Waals surface area contributed by atoms with E-state index < -0.39 is 11.9 Å². The molecular weight excluding hydrogens is 449 g/mol. The van der Waals surface area contributed by atoms with E-state index in [1.807, 2.05) is 4.90 Å². The zero-order valence-electron chi connectivity index (χ0n) is 18.6. The molecule has 0 aromatic carbocycles. The van der Waals surface area contributed by atoms with E-state index in [9.17, 15) is 18.0 Å². The molecule has 12 heteroatoms. The molecule has 2 saturated heterocycles. The lowest BCUT2D eigenvalue weighted by atomic mass is 9.64. The fraction of sp³-hybridized carbons (Fsp3) is 0.455. The number of piperidine rings is 2. The van der Waals surface area contributed by atoms with Crippen LogP contribution in [0.4, 0.5) is 19.0 Å². The predicted molar refractivity (Wildman–Crippen MR) is 115 cm³/mol. The second-order valence-corrected chi connectivity index (χ2v) is 8.83. The third kappa shape index (κ3) is 3.97. The minimum Gasteiger partial charge on any atom is -0.367 e. The summed E-state index contributed by atoms with van der Waals surface area (Å²) in [6.07, 6.45) is 4.02. The summed E-state index contributed by atoms with van der Waals surface area (Å²) in [4.78, 5) is 31.5. The summed E-state index contributed by atoms with van der Waals surface area (Å²) in [6.45, 7) is 2.44. The lowest BCUT2D eigenvalue weighted by Crippen LogP contribution is -2.64. The second-order valence-electron chi connectivity index (χ2n) is 8.83. The Morgan fingerprint density at radius 1 is 1.15 bits per heavy atom. The molecule has 6 rings (SSSR count). The highest BCUT2D eigenvalue weighted by molar-refractivity contribution is 5.98. The van der Waals surface area contributed by atoms with Crippen LogP contribution in [-0.2, 0) is 13.2 Å². The van der Waals surface area contributed by atoms with E-state index in [0.717, 1.165) is 19.0 Å². The molecule has 1 aliphatic carbocycles. The van der Waals surface area contributed by atoms with Crippen molar-refractivity contribution in [3.05, 3.63) is 48.4 Å². The Labute approximate surface area is 193 Å². The van der Waals surface area contributed by atoms with Crippen LogP contribution in [-0.4, -0.2) is 59.2 Å². The molecule has 0 radical (unpaired) electrons. The average molecular weight is 472 g/mol. The number of aryl methyl sites for hydroxylation is 1. The number of carbonyl (C=O) groups excluding carboxylic acids is 1. The van der Waals surface area contributed by atoms with E-state index in [2.05, 4.69) is 37.3 Å². The number of nitrogens with one attached hydrogen (secondary N) is 1. The smallest absolute Gasteiger partial charge is 0.367 e. The van der Waals surface area contributed by atoms with Crippen molar-refractivity contribution in [1.29, 1.82) is 0 Å². The van der Waals surface area contributed by atoms with Crippen LogP contribution in [0.2, 0.25) is 0 Å². The largest absolute Gasteiger partial charge is 0.434 e. The van der Waals surface area contributed by atoms with E-state index in [1.54, 1.807) is 36.4 Å². The van der Waals surface area contributed by atoms with Crippen LogP contribution in [0.1, 0.15) is 35.9 Å². The summed E-state index contributed by atoms with van der Waals surface area (Å²) >= 11 is 0. The summed E-state index contributed by atoms with van der Waals surface area (Å²) in [5.74, 6) is 1.14. The van der Waals surface area contributed by atoms with Crippen LogP contribution in [0.3, 0.4) is 0 Å². The topological polar surface area (TPSA) is 102 Å². The number of nitrogens with zero attached hydrogens (tertiary/aromatic N) is 7. The van der Waals surface area contributed by atoms with Gasteiger partial charge in [-0.2, -0.15) is 18.3 Å². The van der Waals surface area contributed by atoms with Gasteiger partial charge < -0.3 is 10.2 Å². The van der Waals surface area contributed by atoms with Gasteiger partial charge >= 0.3 is 6.18 Å². The number of hydrogen-bond donors (Lipinski definition) is 1. The first-order valence-electron chi connectivity index (χ1n) is 11.0. The zero-order valence-corrected chi connectivity index (χ0v) is 18.6. The highest BCUT2D eigenvalue weighted by Crippen LogP contribution is 2.47. The Hall–Kier alpha value is -3.57. The summed E-state index contributed by atoms with van der Waals surface area (Å²) in [5, 5.41) is 7.49. The Kier molecular flexibility index (Phi) is 5.45. The van der Waals surface area contributed by atoms with Gasteiger partial charge in [0.25, 0.3) is 5.91 Å². The monoisotopic (exact) mass is 472 g/mol. The molecule has 1 amide bonds. The molecule has 34 heavy (non-hydrogen) atoms. The maximum absolute atomic E-state index is 13.8. The third-order valence-corrected chi connectivity index (χ3v) is 6.76. The standard InChI is InChI=1S/C22H23F3N8O/c1-12-13-6-14(7-13)33(16(12)8-29-18-10-28-17(9-30-18)22(23,24)25)21(34)19-15(11-32(2)31-19)20-26-4-3-5-27-20/h3-5,9-14,16H,6-8H2,1-2H3,(H,29,30)/t12-,13?,14?,16-/m1/s1. The van der Waals surface area contributed by atoms with Crippen molar-refractivity contribution < 1.29 is 18.0 Å². The van der Waals surface area contributed by atoms with E-state index in [1.165, 1.54) is 0 Å². The molecule has 178 valence electrons. The number of fused-ring (bicyclic) bond motifs is 2. The predicted octanol–water partition coefficient (Wildman–Crippen LogP) is 3.04. The van der Waals surface area contributed by atoms with Gasteiger partial charge in [-0.15, -0.1) is 0 Å². The third-order valence-electron chi connectivity index (χ3n) is 6.76. The Morgan fingerprint density at radius 2 is 1.88 bits per heavy atom. The molecule has 5 heterocycles. The summed E-state index contributed by atoms with van der Waals surface area (Å²) in [6, 6.07) is 1.61. The van der Waals surface area contributed by atoms with Crippen molar-refractivity contribution >= 4 is 11.7 Å². The van der Waals surface area contributed by atoms with Gasteiger partial charge in [-0.25, -0.2) is 19.9 Å². The first kappa shape index (κ1) is 22.2. The Bertz CT molecular complexity index is 1180. The van der Waals surface area contributed by atoms with E-state index in [4.69, 9.17) is 0 Å². The molecule has 2 atom stereocenters. The molecular formula is C22H23F3N8O. The number of alkyl halides is 3. The van der Waals surface area contributed by atoms with Crippen molar-refractivity contribution in [3.8, 4) is 11.4 Å². The lowest BCUT2D eigenvalue weighted by Gasteiger charge is -2.57. The highest BCUT2D eigenvalue weighted by atomic mass is 19.4.